The standard InChI is InChI=1S/C58H53F2NO9/c59-45-25-21-43(22-26-45)50(65-35-39-13-5-1-6-14-39)34-33-49-51(61(56(49)62)47-29-27-46(60)28-30-47)44-23-31-48(32-24-44)69-58-55(68-38-42-19-11-4-12-20-42)53(67-37-41-17-9-3-10-18-41)52(54(70-58)57(63)64)66-36-40-15-7-2-8-16-40/h1-32,49-55,58H,33-38H2,(H,63,64)/t49-,50+,51-,52+,53+,54+,55-,58-/m1/s1. The minimum atomic E-state index is -1.51. The fraction of sp³-hybridized carbons (Fsp3) is 0.241. The first-order valence-electron chi connectivity index (χ1n) is 23.4. The van der Waals surface area contributed by atoms with Gasteiger partial charge in [-0.2, -0.15) is 0 Å². The average molecular weight is 946 g/mol. The molecular weight excluding hydrogens is 893 g/mol. The number of benzene rings is 7. The molecule has 7 aromatic carbocycles. The van der Waals surface area contributed by atoms with Gasteiger partial charge in [0, 0.05) is 5.69 Å². The van der Waals surface area contributed by atoms with Crippen molar-refractivity contribution in [1.82, 2.24) is 0 Å². The number of halogens is 2. The number of ether oxygens (including phenoxy) is 6. The first-order chi connectivity index (χ1) is 34.3. The number of amides is 1. The van der Waals surface area contributed by atoms with Gasteiger partial charge in [-0.25, -0.2) is 13.6 Å². The monoisotopic (exact) mass is 945 g/mol. The third-order valence-corrected chi connectivity index (χ3v) is 12.7. The largest absolute Gasteiger partial charge is 0.479 e. The molecule has 0 spiro atoms. The van der Waals surface area contributed by atoms with Crippen LogP contribution >= 0.6 is 0 Å². The van der Waals surface area contributed by atoms with Gasteiger partial charge in [-0.05, 0) is 94.8 Å². The molecule has 0 aromatic heterocycles. The van der Waals surface area contributed by atoms with Crippen LogP contribution in [-0.2, 0) is 59.7 Å². The number of carbonyl (C=O) groups excluding carboxylic acids is 1. The quantitative estimate of drug-likeness (QED) is 0.0704. The van der Waals surface area contributed by atoms with Gasteiger partial charge in [-0.1, -0.05) is 146 Å². The highest BCUT2D eigenvalue weighted by Gasteiger charge is 2.53. The molecule has 9 rings (SSSR count). The molecule has 10 nitrogen and oxygen atoms in total. The Bertz CT molecular complexity index is 2740. The number of hydrogen-bond acceptors (Lipinski definition) is 8. The van der Waals surface area contributed by atoms with Crippen molar-refractivity contribution in [2.45, 2.75) is 82.1 Å². The lowest BCUT2D eigenvalue weighted by molar-refractivity contribution is -0.301. The summed E-state index contributed by atoms with van der Waals surface area (Å²) >= 11 is 0. The van der Waals surface area contributed by atoms with Gasteiger partial charge in [0.25, 0.3) is 0 Å². The Balaban J connectivity index is 0.990. The Morgan fingerprint density at radius 2 is 1.04 bits per heavy atom. The van der Waals surface area contributed by atoms with E-state index >= 15 is 0 Å². The molecule has 1 amide bonds. The second-order valence-corrected chi connectivity index (χ2v) is 17.4. The Morgan fingerprint density at radius 3 is 1.56 bits per heavy atom. The van der Waals surface area contributed by atoms with Crippen LogP contribution in [0.3, 0.4) is 0 Å². The molecule has 2 heterocycles. The van der Waals surface area contributed by atoms with Crippen molar-refractivity contribution < 1.29 is 51.9 Å². The molecule has 0 unspecified atom stereocenters. The number of anilines is 1. The minimum Gasteiger partial charge on any atom is -0.479 e. The Labute approximate surface area is 405 Å². The molecule has 0 bridgehead atoms. The molecule has 8 atom stereocenters. The highest BCUT2D eigenvalue weighted by molar-refractivity contribution is 6.03. The lowest BCUT2D eigenvalue weighted by atomic mass is 9.78. The summed E-state index contributed by atoms with van der Waals surface area (Å²) in [4.78, 5) is 28.9. The van der Waals surface area contributed by atoms with E-state index in [1.165, 1.54) is 24.3 Å². The summed E-state index contributed by atoms with van der Waals surface area (Å²) in [5.74, 6) is -2.31. The molecule has 70 heavy (non-hydrogen) atoms. The third-order valence-electron chi connectivity index (χ3n) is 12.7. The lowest BCUT2D eigenvalue weighted by Gasteiger charge is -2.48. The van der Waals surface area contributed by atoms with Crippen molar-refractivity contribution in [2.75, 3.05) is 4.90 Å². The molecule has 0 aliphatic carbocycles. The van der Waals surface area contributed by atoms with E-state index in [2.05, 4.69) is 0 Å². The zero-order valence-corrected chi connectivity index (χ0v) is 38.3. The molecule has 2 aliphatic rings. The summed E-state index contributed by atoms with van der Waals surface area (Å²) in [5.41, 5.74) is 5.68. The van der Waals surface area contributed by atoms with Gasteiger partial charge in [-0.15, -0.1) is 0 Å². The van der Waals surface area contributed by atoms with Crippen LogP contribution in [0.4, 0.5) is 14.5 Å². The zero-order valence-electron chi connectivity index (χ0n) is 38.3. The van der Waals surface area contributed by atoms with E-state index in [0.29, 0.717) is 30.9 Å². The summed E-state index contributed by atoms with van der Waals surface area (Å²) in [6.45, 7) is 0.684. The van der Waals surface area contributed by atoms with Gasteiger partial charge < -0.3 is 38.4 Å². The van der Waals surface area contributed by atoms with Crippen molar-refractivity contribution in [1.29, 1.82) is 0 Å². The molecule has 2 saturated heterocycles. The van der Waals surface area contributed by atoms with Crippen molar-refractivity contribution in [2.24, 2.45) is 5.92 Å². The topological polar surface area (TPSA) is 113 Å². The van der Waals surface area contributed by atoms with Gasteiger partial charge in [0.1, 0.15) is 35.7 Å². The van der Waals surface area contributed by atoms with Gasteiger partial charge in [-0.3, -0.25) is 4.79 Å². The van der Waals surface area contributed by atoms with Crippen molar-refractivity contribution in [3.8, 4) is 5.75 Å². The van der Waals surface area contributed by atoms with E-state index < -0.39 is 60.6 Å². The molecule has 2 aliphatic heterocycles. The number of carboxylic acids is 1. The molecule has 0 saturated carbocycles. The van der Waals surface area contributed by atoms with E-state index in [0.717, 1.165) is 33.4 Å². The van der Waals surface area contributed by atoms with Crippen molar-refractivity contribution in [3.05, 3.63) is 239 Å². The van der Waals surface area contributed by atoms with Crippen molar-refractivity contribution >= 4 is 17.6 Å². The van der Waals surface area contributed by atoms with Crippen LogP contribution in [0.15, 0.2) is 194 Å². The Kier molecular flexibility index (Phi) is 15.8. The van der Waals surface area contributed by atoms with Crippen LogP contribution in [0.2, 0.25) is 0 Å². The number of carbonyl (C=O) groups is 2. The predicted octanol–water partition coefficient (Wildman–Crippen LogP) is 11.4. The third kappa shape index (κ3) is 11.8. The van der Waals surface area contributed by atoms with Crippen LogP contribution in [0.5, 0.6) is 5.75 Å². The minimum absolute atomic E-state index is 0.0927. The second-order valence-electron chi connectivity index (χ2n) is 17.4. The van der Waals surface area contributed by atoms with Crippen LogP contribution in [0.25, 0.3) is 0 Å². The summed E-state index contributed by atoms with van der Waals surface area (Å²) in [7, 11) is 0. The average Bonchev–Trinajstić information content (AvgIpc) is 3.39. The van der Waals surface area contributed by atoms with Crippen LogP contribution in [-0.4, -0.2) is 47.7 Å². The van der Waals surface area contributed by atoms with Gasteiger partial charge >= 0.3 is 5.97 Å². The van der Waals surface area contributed by atoms with Crippen molar-refractivity contribution in [3.63, 3.8) is 0 Å². The SMILES string of the molecule is O=C(O)[C@H]1O[C@@H](Oc2ccc([C@@H]3[C@@H](CC[C@H](OCc4ccccc4)c4ccc(F)cc4)C(=O)N3c3ccc(F)cc3)cc2)[C@H](OCc2ccccc2)[C@@H](OCc2ccccc2)[C@@H]1OCc1ccccc1. The Morgan fingerprint density at radius 1 is 0.571 bits per heavy atom. The maximum absolute atomic E-state index is 14.2. The summed E-state index contributed by atoms with van der Waals surface area (Å²) < 4.78 is 67.3. The first kappa shape index (κ1) is 48.0. The molecular formula is C58H53F2NO9. The van der Waals surface area contributed by atoms with E-state index in [9.17, 15) is 23.5 Å². The maximum atomic E-state index is 14.2. The fourth-order valence-electron chi connectivity index (χ4n) is 9.06. The van der Waals surface area contributed by atoms with E-state index in [-0.39, 0.29) is 31.5 Å². The molecule has 12 heteroatoms. The summed E-state index contributed by atoms with van der Waals surface area (Å²) in [6, 6.07) is 57.1. The smallest absolute Gasteiger partial charge is 0.335 e. The molecule has 0 radical (unpaired) electrons. The van der Waals surface area contributed by atoms with Crippen LogP contribution in [0.1, 0.15) is 58.4 Å². The summed E-state index contributed by atoms with van der Waals surface area (Å²) in [5, 5.41) is 10.7. The summed E-state index contributed by atoms with van der Waals surface area (Å²) in [6.07, 6.45) is -5.40. The number of rotatable bonds is 21. The van der Waals surface area contributed by atoms with E-state index in [1.807, 2.05) is 133 Å². The van der Waals surface area contributed by atoms with Gasteiger partial charge in [0.05, 0.1) is 44.5 Å². The highest BCUT2D eigenvalue weighted by atomic mass is 19.1. The van der Waals surface area contributed by atoms with Gasteiger partial charge in [0.15, 0.2) is 6.10 Å². The predicted molar refractivity (Wildman–Crippen MR) is 258 cm³/mol. The number of carboxylic acid groups (broad SMARTS) is 1. The Hall–Kier alpha value is -7.06. The first-order valence-corrected chi connectivity index (χ1v) is 23.4. The van der Waals surface area contributed by atoms with Crippen LogP contribution in [0, 0.1) is 17.6 Å². The highest BCUT2D eigenvalue weighted by Crippen LogP contribution is 2.47. The second kappa shape index (κ2) is 23.0. The molecule has 7 aromatic rings. The molecule has 2 fully saturated rings. The lowest BCUT2D eigenvalue weighted by Crippen LogP contribution is -2.63. The molecule has 1 N–H and O–H groups in total. The number of nitrogens with zero attached hydrogens (tertiary/aromatic N) is 1. The normalized spacial score (nSPS) is 21.4. The maximum Gasteiger partial charge on any atom is 0.335 e. The van der Waals surface area contributed by atoms with E-state index in [4.69, 9.17) is 28.4 Å². The fourth-order valence-corrected chi connectivity index (χ4v) is 9.06. The van der Waals surface area contributed by atoms with E-state index in [1.54, 1.807) is 41.3 Å². The zero-order chi connectivity index (χ0) is 48.2. The number of β-lactam (4-membered cyclic amide) rings is 1. The number of aliphatic carboxylic acids is 1. The molecule has 358 valence electrons. The number of hydrogen-bond donors (Lipinski definition) is 1. The van der Waals surface area contributed by atoms with Crippen LogP contribution < -0.4 is 9.64 Å². The van der Waals surface area contributed by atoms with Gasteiger partial charge in [0.2, 0.25) is 12.2 Å².